The predicted molar refractivity (Wildman–Crippen MR) is 139 cm³/mol. The zero-order valence-corrected chi connectivity index (χ0v) is 22.6. The third-order valence-electron chi connectivity index (χ3n) is 8.33. The maximum atomic E-state index is 12.7. The van der Waals surface area contributed by atoms with E-state index in [-0.39, 0.29) is 5.41 Å². The van der Waals surface area contributed by atoms with Crippen LogP contribution in [-0.4, -0.2) is 21.1 Å². The monoisotopic (exact) mass is 446 g/mol. The molecule has 0 aromatic heterocycles. The molecule has 1 aliphatic carbocycles. The lowest BCUT2D eigenvalue weighted by molar-refractivity contribution is 0.0993. The smallest absolute Gasteiger partial charge is 0.267 e. The molecular formula is C27H36NOSi2. The van der Waals surface area contributed by atoms with E-state index in [9.17, 15) is 4.79 Å². The fourth-order valence-electron chi connectivity index (χ4n) is 5.72. The minimum Gasteiger partial charge on any atom is -0.267 e. The lowest BCUT2D eigenvalue weighted by atomic mass is 9.81. The summed E-state index contributed by atoms with van der Waals surface area (Å²) in [5.74, 6) is -0.536. The van der Waals surface area contributed by atoms with Crippen molar-refractivity contribution in [2.24, 2.45) is 0 Å². The zero-order chi connectivity index (χ0) is 23.1. The van der Waals surface area contributed by atoms with Crippen molar-refractivity contribution in [3.8, 4) is 11.1 Å². The van der Waals surface area contributed by atoms with Gasteiger partial charge >= 0.3 is 0 Å². The molecule has 1 radical (unpaired) electrons. The molecule has 1 heterocycles. The Bertz CT molecular complexity index is 1160. The van der Waals surface area contributed by atoms with Gasteiger partial charge in [-0.2, -0.15) is 0 Å². The van der Waals surface area contributed by atoms with Crippen LogP contribution in [-0.2, 0) is 11.8 Å². The molecule has 2 aliphatic rings. The van der Waals surface area contributed by atoms with Gasteiger partial charge in [0.05, 0.1) is 15.2 Å². The second-order valence-electron chi connectivity index (χ2n) is 11.6. The van der Waals surface area contributed by atoms with Crippen LogP contribution in [0.3, 0.4) is 0 Å². The molecular weight excluding hydrogens is 410 g/mol. The third kappa shape index (κ3) is 3.06. The van der Waals surface area contributed by atoms with Crippen LogP contribution in [0.1, 0.15) is 66.7 Å². The second kappa shape index (κ2) is 6.79. The average Bonchev–Trinajstić information content (AvgIpc) is 3.10. The van der Waals surface area contributed by atoms with E-state index in [4.69, 9.17) is 5.73 Å². The van der Waals surface area contributed by atoms with Crippen LogP contribution in [0.4, 0.5) is 0 Å². The molecule has 4 heteroatoms. The third-order valence-corrected chi connectivity index (χ3v) is 26.1. The summed E-state index contributed by atoms with van der Waals surface area (Å²) in [7, 11) is -3.46. The average molecular weight is 447 g/mol. The molecule has 2 aromatic rings. The Balaban J connectivity index is 2.14. The zero-order valence-electron chi connectivity index (χ0n) is 20.6. The lowest BCUT2D eigenvalue weighted by Gasteiger charge is -2.33. The molecule has 0 atom stereocenters. The highest BCUT2D eigenvalue weighted by atomic mass is 29.3. The molecule has 2 aromatic carbocycles. The molecule has 2 nitrogen and oxygen atoms in total. The molecule has 1 aliphatic heterocycles. The van der Waals surface area contributed by atoms with Crippen molar-refractivity contribution in [2.45, 2.75) is 79.1 Å². The van der Waals surface area contributed by atoms with Gasteiger partial charge in [0, 0.05) is 5.56 Å². The lowest BCUT2D eigenvalue weighted by Crippen LogP contribution is -2.63. The van der Waals surface area contributed by atoms with Crippen molar-refractivity contribution >= 4 is 37.5 Å². The van der Waals surface area contributed by atoms with Crippen LogP contribution in [0.5, 0.6) is 0 Å². The number of fused-ring (bicyclic) bond motifs is 3. The molecule has 4 rings (SSSR count). The fraction of sp³-hybridized carbons (Fsp3) is 0.444. The van der Waals surface area contributed by atoms with E-state index in [2.05, 4.69) is 85.1 Å². The summed E-state index contributed by atoms with van der Waals surface area (Å²) < 4.78 is 0. The van der Waals surface area contributed by atoms with Crippen LogP contribution >= 0.6 is 0 Å². The van der Waals surface area contributed by atoms with Crippen molar-refractivity contribution in [3.05, 3.63) is 51.6 Å². The Morgan fingerprint density at radius 2 is 1.71 bits per heavy atom. The van der Waals surface area contributed by atoms with Crippen LogP contribution < -0.4 is 16.1 Å². The summed E-state index contributed by atoms with van der Waals surface area (Å²) in [6, 6.07) is 6.82. The van der Waals surface area contributed by atoms with Gasteiger partial charge in [-0.15, -0.1) is 0 Å². The number of benzene rings is 2. The molecule has 0 fully saturated rings. The summed E-state index contributed by atoms with van der Waals surface area (Å²) in [6.45, 7) is 21.2. The molecule has 0 unspecified atom stereocenters. The minimum atomic E-state index is -1.78. The van der Waals surface area contributed by atoms with Gasteiger partial charge in [0.15, 0.2) is 0 Å². The van der Waals surface area contributed by atoms with Crippen molar-refractivity contribution in [2.75, 3.05) is 0 Å². The highest BCUT2D eigenvalue weighted by Gasteiger charge is 2.53. The largest absolute Gasteiger partial charge is 0.270 e. The van der Waals surface area contributed by atoms with Crippen LogP contribution in [0.2, 0.25) is 26.2 Å². The Labute approximate surface area is 189 Å². The van der Waals surface area contributed by atoms with Gasteiger partial charge in [-0.05, 0) is 59.1 Å². The molecule has 2 bridgehead atoms. The molecule has 0 saturated carbocycles. The van der Waals surface area contributed by atoms with E-state index in [1.54, 1.807) is 0 Å². The van der Waals surface area contributed by atoms with Crippen LogP contribution in [0.15, 0.2) is 23.8 Å². The molecule has 163 valence electrons. The number of hydrogen-bond acceptors (Lipinski definition) is 1. The Morgan fingerprint density at radius 1 is 1.06 bits per heavy atom. The molecule has 0 saturated heterocycles. The van der Waals surface area contributed by atoms with Gasteiger partial charge in [-0.25, -0.2) is 0 Å². The first-order valence-corrected chi connectivity index (χ1v) is 18.5. The van der Waals surface area contributed by atoms with Crippen molar-refractivity contribution in [1.82, 2.24) is 5.73 Å². The van der Waals surface area contributed by atoms with Gasteiger partial charge in [-0.3, -0.25) is 10.5 Å². The number of hydrogen-bond donors (Lipinski definition) is 0. The number of allylic oxidation sites excluding steroid dienone is 1. The maximum absolute atomic E-state index is 12.7. The second-order valence-corrected chi connectivity index (χ2v) is 26.6. The summed E-state index contributed by atoms with van der Waals surface area (Å²) in [4.78, 5) is 12.7. The highest BCUT2D eigenvalue weighted by molar-refractivity contribution is 7.52. The van der Waals surface area contributed by atoms with Crippen molar-refractivity contribution in [3.63, 3.8) is 0 Å². The number of rotatable bonds is 3. The predicted octanol–water partition coefficient (Wildman–Crippen LogP) is 5.65. The van der Waals surface area contributed by atoms with Crippen molar-refractivity contribution in [1.29, 1.82) is 0 Å². The quantitative estimate of drug-likeness (QED) is 0.561. The summed E-state index contributed by atoms with van der Waals surface area (Å²) in [6.07, 6.45) is 4.37. The normalized spacial score (nSPS) is 18.2. The SMILES string of the molecule is CCC1=Cc2cc(C(C)(C)C)cc(-c3c(C([NH])=O)cc4c(C)c3[Si](C)(C)[Si]4(C)C)c2C1. The molecule has 1 N–H and O–H groups in total. The van der Waals surface area contributed by atoms with Crippen molar-refractivity contribution < 1.29 is 4.79 Å². The molecule has 1 amide bonds. The number of nitrogens with one attached hydrogen (secondary N) is 1. The van der Waals surface area contributed by atoms with E-state index >= 15 is 0 Å². The van der Waals surface area contributed by atoms with E-state index in [1.165, 1.54) is 43.8 Å². The van der Waals surface area contributed by atoms with Gasteiger partial charge < -0.3 is 0 Å². The number of amides is 1. The fourth-order valence-corrected chi connectivity index (χ4v) is 16.3. The van der Waals surface area contributed by atoms with E-state index in [0.29, 0.717) is 5.56 Å². The van der Waals surface area contributed by atoms with Crippen LogP contribution in [0.25, 0.3) is 17.2 Å². The first kappa shape index (κ1) is 22.3. The van der Waals surface area contributed by atoms with Gasteiger partial charge in [0.1, 0.15) is 0 Å². The first-order chi connectivity index (χ1) is 14.2. The Kier molecular flexibility index (Phi) is 4.88. The van der Waals surface area contributed by atoms with Crippen LogP contribution in [0, 0.1) is 6.92 Å². The summed E-state index contributed by atoms with van der Waals surface area (Å²) >= 11 is 0. The standard InChI is InChI=1S/C27H36NOSi2/c1-10-17-11-18-13-19(27(3,4)5)14-21(20(18)12-17)24-22(26(28)29)15-23-16(2)25(24)31(8,9)30(23,6)7/h11,13-15,28H,10,12H2,1-9H3. The van der Waals surface area contributed by atoms with E-state index in [1.807, 2.05) is 0 Å². The summed E-state index contributed by atoms with van der Waals surface area (Å²) in [5.41, 5.74) is 18.0. The van der Waals surface area contributed by atoms with Gasteiger partial charge in [-0.1, -0.05) is 93.6 Å². The van der Waals surface area contributed by atoms with Gasteiger partial charge in [0.2, 0.25) is 0 Å². The summed E-state index contributed by atoms with van der Waals surface area (Å²) in [5, 5.41) is 2.87. The Hall–Kier alpha value is -1.92. The topological polar surface area (TPSA) is 40.9 Å². The first-order valence-electron chi connectivity index (χ1n) is 11.5. The maximum Gasteiger partial charge on any atom is 0.270 e. The number of carbonyl (C=O) groups is 1. The minimum absolute atomic E-state index is 0.0218. The Morgan fingerprint density at radius 3 is 2.26 bits per heavy atom. The van der Waals surface area contributed by atoms with E-state index < -0.39 is 21.1 Å². The van der Waals surface area contributed by atoms with E-state index in [0.717, 1.165) is 18.4 Å². The van der Waals surface area contributed by atoms with Gasteiger partial charge in [0.25, 0.3) is 5.91 Å². The molecule has 0 spiro atoms. The number of carbonyl (C=O) groups excluding carboxylic acids is 1. The molecule has 31 heavy (non-hydrogen) atoms. The highest BCUT2D eigenvalue weighted by Crippen LogP contribution is 2.42.